The highest BCUT2D eigenvalue weighted by molar-refractivity contribution is 7.53. The monoisotopic (exact) mass is 236 g/mol. The third-order valence-corrected chi connectivity index (χ3v) is 4.80. The molecule has 0 spiro atoms. The van der Waals surface area contributed by atoms with Gasteiger partial charge in [0, 0.05) is 7.11 Å². The summed E-state index contributed by atoms with van der Waals surface area (Å²) in [6, 6.07) is 0. The standard InChI is InChI=1S/C11H25O3P/c1-5-8-9-11(6-2)10-15(12,13-4)14-7-3/h11H,5-10H2,1-4H3. The van der Waals surface area contributed by atoms with E-state index in [4.69, 9.17) is 9.05 Å². The molecule has 0 saturated heterocycles. The average Bonchev–Trinajstić information content (AvgIpc) is 2.24. The van der Waals surface area contributed by atoms with Crippen molar-refractivity contribution >= 4 is 7.60 Å². The number of rotatable bonds is 9. The summed E-state index contributed by atoms with van der Waals surface area (Å²) in [7, 11) is -1.34. The first kappa shape index (κ1) is 15.2. The van der Waals surface area contributed by atoms with E-state index in [-0.39, 0.29) is 0 Å². The molecule has 2 atom stereocenters. The first-order valence-corrected chi connectivity index (χ1v) is 7.63. The Kier molecular flexibility index (Phi) is 8.40. The van der Waals surface area contributed by atoms with Gasteiger partial charge < -0.3 is 9.05 Å². The van der Waals surface area contributed by atoms with E-state index >= 15 is 0 Å². The quantitative estimate of drug-likeness (QED) is 0.566. The number of hydrogen-bond donors (Lipinski definition) is 0. The van der Waals surface area contributed by atoms with Gasteiger partial charge in [-0.1, -0.05) is 33.1 Å². The van der Waals surface area contributed by atoms with Crippen molar-refractivity contribution in [2.24, 2.45) is 5.92 Å². The summed E-state index contributed by atoms with van der Waals surface area (Å²) in [5.41, 5.74) is 0. The highest BCUT2D eigenvalue weighted by Gasteiger charge is 2.26. The van der Waals surface area contributed by atoms with E-state index in [1.54, 1.807) is 0 Å². The molecule has 2 unspecified atom stereocenters. The van der Waals surface area contributed by atoms with Gasteiger partial charge in [-0.3, -0.25) is 4.57 Å². The Hall–Kier alpha value is 0.150. The van der Waals surface area contributed by atoms with Crippen molar-refractivity contribution in [2.75, 3.05) is 19.9 Å². The molecule has 92 valence electrons. The summed E-state index contributed by atoms with van der Waals surface area (Å²) in [5, 5.41) is 0. The Morgan fingerprint density at radius 1 is 1.27 bits per heavy atom. The van der Waals surface area contributed by atoms with Gasteiger partial charge in [-0.25, -0.2) is 0 Å². The highest BCUT2D eigenvalue weighted by atomic mass is 31.2. The van der Waals surface area contributed by atoms with Crippen LogP contribution in [0.1, 0.15) is 46.5 Å². The molecule has 15 heavy (non-hydrogen) atoms. The topological polar surface area (TPSA) is 35.5 Å². The molecule has 0 amide bonds. The third kappa shape index (κ3) is 6.34. The largest absolute Gasteiger partial charge is 0.330 e. The molecule has 0 heterocycles. The van der Waals surface area contributed by atoms with Crippen LogP contribution >= 0.6 is 7.60 Å². The zero-order valence-corrected chi connectivity index (χ0v) is 11.4. The Balaban J connectivity index is 4.16. The van der Waals surface area contributed by atoms with E-state index in [1.807, 2.05) is 6.92 Å². The van der Waals surface area contributed by atoms with Crippen molar-refractivity contribution in [2.45, 2.75) is 46.5 Å². The van der Waals surface area contributed by atoms with Gasteiger partial charge in [0.25, 0.3) is 0 Å². The van der Waals surface area contributed by atoms with Crippen LogP contribution in [0, 0.1) is 5.92 Å². The van der Waals surface area contributed by atoms with E-state index in [1.165, 1.54) is 20.0 Å². The lowest BCUT2D eigenvalue weighted by atomic mass is 10.0. The van der Waals surface area contributed by atoms with Gasteiger partial charge in [0.1, 0.15) is 0 Å². The molecule has 0 aromatic heterocycles. The second-order valence-electron chi connectivity index (χ2n) is 3.81. The maximum atomic E-state index is 12.1. The fourth-order valence-electron chi connectivity index (χ4n) is 1.61. The maximum absolute atomic E-state index is 12.1. The van der Waals surface area contributed by atoms with Gasteiger partial charge in [-0.2, -0.15) is 0 Å². The molecule has 4 heteroatoms. The fourth-order valence-corrected chi connectivity index (χ4v) is 3.44. The lowest BCUT2D eigenvalue weighted by molar-refractivity contribution is 0.237. The minimum absolute atomic E-state index is 0.454. The van der Waals surface area contributed by atoms with Crippen LogP contribution in [-0.2, 0) is 13.6 Å². The maximum Gasteiger partial charge on any atom is 0.330 e. The highest BCUT2D eigenvalue weighted by Crippen LogP contribution is 2.49. The van der Waals surface area contributed by atoms with Crippen molar-refractivity contribution in [3.05, 3.63) is 0 Å². The summed E-state index contributed by atoms with van der Waals surface area (Å²) < 4.78 is 22.3. The smallest absolute Gasteiger partial charge is 0.312 e. The zero-order chi connectivity index (χ0) is 11.7. The molecule has 0 radical (unpaired) electrons. The van der Waals surface area contributed by atoms with E-state index in [0.717, 1.165) is 12.8 Å². The Bertz CT molecular complexity index is 194. The first-order valence-electron chi connectivity index (χ1n) is 5.91. The molecule has 0 N–H and O–H groups in total. The third-order valence-electron chi connectivity index (χ3n) is 2.63. The Labute approximate surface area is 94.1 Å². The molecule has 0 aliphatic rings. The summed E-state index contributed by atoms with van der Waals surface area (Å²) in [4.78, 5) is 0. The first-order chi connectivity index (χ1) is 7.11. The average molecular weight is 236 g/mol. The van der Waals surface area contributed by atoms with Crippen molar-refractivity contribution in [3.8, 4) is 0 Å². The Morgan fingerprint density at radius 3 is 2.33 bits per heavy atom. The van der Waals surface area contributed by atoms with E-state index in [0.29, 0.717) is 18.7 Å². The molecular formula is C11H25O3P. The van der Waals surface area contributed by atoms with Gasteiger partial charge in [-0.15, -0.1) is 0 Å². The van der Waals surface area contributed by atoms with Crippen LogP contribution < -0.4 is 0 Å². The molecule has 0 saturated carbocycles. The SMILES string of the molecule is CCCCC(CC)CP(=O)(OC)OCC. The van der Waals surface area contributed by atoms with Crippen LogP contribution in [-0.4, -0.2) is 19.9 Å². The van der Waals surface area contributed by atoms with Crippen LogP contribution in [0.2, 0.25) is 0 Å². The van der Waals surface area contributed by atoms with Gasteiger partial charge in [-0.05, 0) is 19.3 Å². The molecule has 0 aromatic carbocycles. The molecule has 0 aromatic rings. The minimum atomic E-state index is -2.81. The molecule has 3 nitrogen and oxygen atoms in total. The molecule has 0 fully saturated rings. The number of unbranched alkanes of at least 4 members (excludes halogenated alkanes) is 1. The second kappa shape index (κ2) is 8.32. The van der Waals surface area contributed by atoms with Crippen LogP contribution in [0.15, 0.2) is 0 Å². The van der Waals surface area contributed by atoms with Crippen LogP contribution in [0.25, 0.3) is 0 Å². The normalized spacial score (nSPS) is 17.3. The molecule has 0 rings (SSSR count). The molecule has 0 aliphatic carbocycles. The van der Waals surface area contributed by atoms with Crippen molar-refractivity contribution in [1.29, 1.82) is 0 Å². The molecule has 0 aliphatic heterocycles. The van der Waals surface area contributed by atoms with Crippen LogP contribution in [0.5, 0.6) is 0 Å². The summed E-state index contributed by atoms with van der Waals surface area (Å²) in [6.07, 6.45) is 5.10. The van der Waals surface area contributed by atoms with Gasteiger partial charge in [0.05, 0.1) is 12.8 Å². The van der Waals surface area contributed by atoms with E-state index in [9.17, 15) is 4.57 Å². The van der Waals surface area contributed by atoms with Crippen molar-refractivity contribution in [3.63, 3.8) is 0 Å². The minimum Gasteiger partial charge on any atom is -0.312 e. The lowest BCUT2D eigenvalue weighted by Gasteiger charge is -2.21. The zero-order valence-electron chi connectivity index (χ0n) is 10.5. The van der Waals surface area contributed by atoms with Crippen LogP contribution in [0.4, 0.5) is 0 Å². The van der Waals surface area contributed by atoms with E-state index < -0.39 is 7.60 Å². The lowest BCUT2D eigenvalue weighted by Crippen LogP contribution is -2.09. The van der Waals surface area contributed by atoms with Crippen molar-refractivity contribution < 1.29 is 13.6 Å². The van der Waals surface area contributed by atoms with Gasteiger partial charge >= 0.3 is 7.60 Å². The predicted molar refractivity (Wildman–Crippen MR) is 64.4 cm³/mol. The second-order valence-corrected chi connectivity index (χ2v) is 6.02. The fraction of sp³-hybridized carbons (Fsp3) is 1.00. The Morgan fingerprint density at radius 2 is 1.93 bits per heavy atom. The van der Waals surface area contributed by atoms with Crippen molar-refractivity contribution in [1.82, 2.24) is 0 Å². The summed E-state index contributed by atoms with van der Waals surface area (Å²) in [6.45, 7) is 6.60. The predicted octanol–water partition coefficient (Wildman–Crippen LogP) is 4.08. The molecule has 0 bridgehead atoms. The van der Waals surface area contributed by atoms with Gasteiger partial charge in [0.2, 0.25) is 0 Å². The van der Waals surface area contributed by atoms with E-state index in [2.05, 4.69) is 13.8 Å². The summed E-state index contributed by atoms with van der Waals surface area (Å²) >= 11 is 0. The van der Waals surface area contributed by atoms with Crippen LogP contribution in [0.3, 0.4) is 0 Å². The molecular weight excluding hydrogens is 211 g/mol. The van der Waals surface area contributed by atoms with Gasteiger partial charge in [0.15, 0.2) is 0 Å². The summed E-state index contributed by atoms with van der Waals surface area (Å²) in [5.74, 6) is 0.460. The number of hydrogen-bond acceptors (Lipinski definition) is 3.